The number of hydrogen-bond donors (Lipinski definition) is 1. The van der Waals surface area contributed by atoms with Crippen LogP contribution < -0.4 is 4.74 Å². The highest BCUT2D eigenvalue weighted by Crippen LogP contribution is 2.34. The zero-order valence-electron chi connectivity index (χ0n) is 10.4. The lowest BCUT2D eigenvalue weighted by Crippen LogP contribution is -2.22. The first-order valence-corrected chi connectivity index (χ1v) is 6.91. The second-order valence-corrected chi connectivity index (χ2v) is 6.22. The van der Waals surface area contributed by atoms with E-state index in [0.29, 0.717) is 5.92 Å². The van der Waals surface area contributed by atoms with Crippen LogP contribution in [0.5, 0.6) is 5.75 Å². The Morgan fingerprint density at radius 3 is 2.65 bits per heavy atom. The van der Waals surface area contributed by atoms with E-state index >= 15 is 0 Å². The molecule has 0 aliphatic heterocycles. The predicted octanol–water partition coefficient (Wildman–Crippen LogP) is 3.86. The van der Waals surface area contributed by atoms with Gasteiger partial charge in [0.15, 0.2) is 0 Å². The third-order valence-corrected chi connectivity index (χ3v) is 3.79. The van der Waals surface area contributed by atoms with Gasteiger partial charge in [-0.3, -0.25) is 0 Å². The summed E-state index contributed by atoms with van der Waals surface area (Å²) in [6, 6.07) is 5.80. The zero-order chi connectivity index (χ0) is 12.5. The molecule has 0 amide bonds. The molecular weight excluding hydrogens is 280 g/mol. The molecule has 0 atom stereocenters. The lowest BCUT2D eigenvalue weighted by molar-refractivity contribution is 0.0727. The van der Waals surface area contributed by atoms with Gasteiger partial charge in [-0.15, -0.1) is 0 Å². The Labute approximate surface area is 111 Å². The summed E-state index contributed by atoms with van der Waals surface area (Å²) in [5, 5.41) is 10.1. The van der Waals surface area contributed by atoms with Crippen LogP contribution in [0.25, 0.3) is 0 Å². The van der Waals surface area contributed by atoms with Crippen molar-refractivity contribution in [2.24, 2.45) is 5.92 Å². The van der Waals surface area contributed by atoms with Crippen LogP contribution in [0.15, 0.2) is 22.7 Å². The summed E-state index contributed by atoms with van der Waals surface area (Å²) in [7, 11) is 0. The maximum Gasteiger partial charge on any atom is 0.125 e. The second kappa shape index (κ2) is 4.99. The third kappa shape index (κ3) is 3.23. The largest absolute Gasteiger partial charge is 0.493 e. The fourth-order valence-corrected chi connectivity index (χ4v) is 2.33. The average molecular weight is 299 g/mol. The molecule has 1 N–H and O–H groups in total. The molecule has 0 saturated heterocycles. The molecule has 0 spiro atoms. The molecule has 2 nitrogen and oxygen atoms in total. The van der Waals surface area contributed by atoms with Gasteiger partial charge >= 0.3 is 0 Å². The quantitative estimate of drug-likeness (QED) is 0.915. The van der Waals surface area contributed by atoms with E-state index in [-0.39, 0.29) is 0 Å². The van der Waals surface area contributed by atoms with Gasteiger partial charge in [0, 0.05) is 10.0 Å². The van der Waals surface area contributed by atoms with Gasteiger partial charge in [0.2, 0.25) is 0 Å². The van der Waals surface area contributed by atoms with Crippen LogP contribution in [-0.2, 0) is 5.60 Å². The van der Waals surface area contributed by atoms with Crippen molar-refractivity contribution < 1.29 is 9.84 Å². The minimum atomic E-state index is -0.876. The smallest absolute Gasteiger partial charge is 0.125 e. The minimum absolute atomic E-state index is 0.702. The van der Waals surface area contributed by atoms with Gasteiger partial charge in [-0.2, -0.15) is 0 Å². The lowest BCUT2D eigenvalue weighted by Gasteiger charge is -2.27. The maximum atomic E-state index is 10.1. The highest BCUT2D eigenvalue weighted by atomic mass is 79.9. The number of hydrogen-bond acceptors (Lipinski definition) is 2. The van der Waals surface area contributed by atoms with Crippen molar-refractivity contribution in [2.45, 2.75) is 38.7 Å². The molecule has 0 radical (unpaired) electrons. The molecule has 0 heterocycles. The fraction of sp³-hybridized carbons (Fsp3) is 0.571. The van der Waals surface area contributed by atoms with E-state index in [4.69, 9.17) is 4.74 Å². The Morgan fingerprint density at radius 1 is 1.41 bits per heavy atom. The second-order valence-electron chi connectivity index (χ2n) is 5.31. The number of halogens is 1. The third-order valence-electron chi connectivity index (χ3n) is 3.30. The molecule has 1 saturated carbocycles. The first-order chi connectivity index (χ1) is 7.97. The fourth-order valence-electron chi connectivity index (χ4n) is 1.97. The van der Waals surface area contributed by atoms with Crippen LogP contribution in [0.4, 0.5) is 0 Å². The average Bonchev–Trinajstić information content (AvgIpc) is 2.16. The molecule has 1 aliphatic rings. The summed E-state index contributed by atoms with van der Waals surface area (Å²) in [4.78, 5) is 0. The number of benzene rings is 1. The van der Waals surface area contributed by atoms with Crippen LogP contribution in [0.3, 0.4) is 0 Å². The molecule has 3 heteroatoms. The van der Waals surface area contributed by atoms with E-state index in [9.17, 15) is 5.11 Å². The van der Waals surface area contributed by atoms with E-state index in [0.717, 1.165) is 22.4 Å². The van der Waals surface area contributed by atoms with Crippen molar-refractivity contribution in [1.82, 2.24) is 0 Å². The first-order valence-electron chi connectivity index (χ1n) is 6.12. The maximum absolute atomic E-state index is 10.1. The Balaban J connectivity index is 2.13. The van der Waals surface area contributed by atoms with E-state index in [1.807, 2.05) is 18.2 Å². The Hall–Kier alpha value is -0.540. The van der Waals surface area contributed by atoms with Gasteiger partial charge in [0.25, 0.3) is 0 Å². The molecule has 2 rings (SSSR count). The molecule has 1 aromatic carbocycles. The highest BCUT2D eigenvalue weighted by Gasteiger charge is 2.23. The lowest BCUT2D eigenvalue weighted by atomic mass is 9.86. The molecular formula is C14H19BrO2. The summed E-state index contributed by atoms with van der Waals surface area (Å²) in [6.45, 7) is 4.33. The van der Waals surface area contributed by atoms with E-state index < -0.39 is 5.60 Å². The Kier molecular flexibility index (Phi) is 3.79. The zero-order valence-corrected chi connectivity index (χ0v) is 12.0. The number of aliphatic hydroxyl groups is 1. The van der Waals surface area contributed by atoms with Gasteiger partial charge in [0.1, 0.15) is 5.75 Å². The molecule has 0 unspecified atom stereocenters. The summed E-state index contributed by atoms with van der Waals surface area (Å²) in [6.07, 6.45) is 3.87. The van der Waals surface area contributed by atoms with Crippen LogP contribution in [0.2, 0.25) is 0 Å². The molecule has 0 aromatic heterocycles. The molecule has 17 heavy (non-hydrogen) atoms. The van der Waals surface area contributed by atoms with Gasteiger partial charge in [-0.1, -0.05) is 22.4 Å². The molecule has 0 bridgehead atoms. The molecule has 94 valence electrons. The first kappa shape index (κ1) is 12.9. The summed E-state index contributed by atoms with van der Waals surface area (Å²) in [5.74, 6) is 1.50. The summed E-state index contributed by atoms with van der Waals surface area (Å²) < 4.78 is 6.81. The molecule has 1 aliphatic carbocycles. The molecule has 1 aromatic rings. The van der Waals surface area contributed by atoms with Gasteiger partial charge < -0.3 is 9.84 Å². The van der Waals surface area contributed by atoms with Crippen molar-refractivity contribution in [2.75, 3.05) is 6.61 Å². The van der Waals surface area contributed by atoms with Crippen molar-refractivity contribution in [1.29, 1.82) is 0 Å². The van der Waals surface area contributed by atoms with Crippen LogP contribution in [-0.4, -0.2) is 11.7 Å². The topological polar surface area (TPSA) is 29.5 Å². The number of rotatable bonds is 4. The Bertz CT molecular complexity index is 392. The minimum Gasteiger partial charge on any atom is -0.493 e. The standard InChI is InChI=1S/C14H19BrO2/c1-14(2,16)12-8-11(15)6-7-13(12)17-9-10-4-3-5-10/h6-8,10,16H,3-5,9H2,1-2H3. The van der Waals surface area contributed by atoms with E-state index in [1.165, 1.54) is 19.3 Å². The van der Waals surface area contributed by atoms with Gasteiger partial charge in [0.05, 0.1) is 12.2 Å². The van der Waals surface area contributed by atoms with E-state index in [2.05, 4.69) is 15.9 Å². The predicted molar refractivity (Wildman–Crippen MR) is 72.2 cm³/mol. The van der Waals surface area contributed by atoms with Crippen molar-refractivity contribution in [3.05, 3.63) is 28.2 Å². The Morgan fingerprint density at radius 2 is 2.12 bits per heavy atom. The number of ether oxygens (including phenoxy) is 1. The normalized spacial score (nSPS) is 16.7. The monoisotopic (exact) mass is 298 g/mol. The van der Waals surface area contributed by atoms with Crippen molar-refractivity contribution in [3.63, 3.8) is 0 Å². The summed E-state index contributed by atoms with van der Waals surface area (Å²) >= 11 is 3.43. The van der Waals surface area contributed by atoms with Gasteiger partial charge in [-0.25, -0.2) is 0 Å². The van der Waals surface area contributed by atoms with Crippen molar-refractivity contribution in [3.8, 4) is 5.75 Å². The van der Waals surface area contributed by atoms with E-state index in [1.54, 1.807) is 13.8 Å². The van der Waals surface area contributed by atoms with Crippen LogP contribution in [0, 0.1) is 5.92 Å². The van der Waals surface area contributed by atoms with Crippen LogP contribution >= 0.6 is 15.9 Å². The van der Waals surface area contributed by atoms with Gasteiger partial charge in [-0.05, 0) is 50.8 Å². The van der Waals surface area contributed by atoms with Crippen molar-refractivity contribution >= 4 is 15.9 Å². The van der Waals surface area contributed by atoms with Crippen LogP contribution in [0.1, 0.15) is 38.7 Å². The SMILES string of the molecule is CC(C)(O)c1cc(Br)ccc1OCC1CCC1. The highest BCUT2D eigenvalue weighted by molar-refractivity contribution is 9.10. The molecule has 1 fully saturated rings. The summed E-state index contributed by atoms with van der Waals surface area (Å²) in [5.41, 5.74) is -0.0372.